The van der Waals surface area contributed by atoms with Crippen LogP contribution in [0.2, 0.25) is 0 Å². The Morgan fingerprint density at radius 2 is 1.97 bits per heavy atom. The molecule has 176 valence electrons. The smallest absolute Gasteiger partial charge is 0.255 e. The Morgan fingerprint density at radius 1 is 1.18 bits per heavy atom. The summed E-state index contributed by atoms with van der Waals surface area (Å²) in [4.78, 5) is 17.5. The number of rotatable bonds is 9. The summed E-state index contributed by atoms with van der Waals surface area (Å²) >= 11 is 0. The number of nitrogens with one attached hydrogen (secondary N) is 1. The van der Waals surface area contributed by atoms with Gasteiger partial charge < -0.3 is 15.8 Å². The number of ether oxygens (including phenoxy) is 1. The van der Waals surface area contributed by atoms with Crippen LogP contribution in [0.15, 0.2) is 79.3 Å². The molecule has 0 aliphatic heterocycles. The Kier molecular flexibility index (Phi) is 7.54. The van der Waals surface area contributed by atoms with E-state index in [1.54, 1.807) is 23.1 Å². The summed E-state index contributed by atoms with van der Waals surface area (Å²) in [5.41, 5.74) is 9.20. The predicted molar refractivity (Wildman–Crippen MR) is 134 cm³/mol. The molecule has 0 saturated heterocycles. The van der Waals surface area contributed by atoms with E-state index in [1.165, 1.54) is 0 Å². The maximum absolute atomic E-state index is 13.3. The van der Waals surface area contributed by atoms with E-state index in [1.807, 2.05) is 43.6 Å². The number of amides is 1. The second-order valence-electron chi connectivity index (χ2n) is 8.76. The first-order valence-electron chi connectivity index (χ1n) is 11.5. The van der Waals surface area contributed by atoms with Crippen LogP contribution in [0.5, 0.6) is 0 Å². The van der Waals surface area contributed by atoms with E-state index in [9.17, 15) is 4.79 Å². The van der Waals surface area contributed by atoms with E-state index >= 15 is 0 Å². The van der Waals surface area contributed by atoms with Crippen molar-refractivity contribution in [1.29, 1.82) is 0 Å². The van der Waals surface area contributed by atoms with E-state index in [4.69, 9.17) is 10.5 Å². The average Bonchev–Trinajstić information content (AvgIpc) is 3.27. The fraction of sp³-hybridized carbons (Fsp3) is 0.296. The zero-order chi connectivity index (χ0) is 23.9. The zero-order valence-corrected chi connectivity index (χ0v) is 19.6. The zero-order valence-electron chi connectivity index (χ0n) is 19.6. The van der Waals surface area contributed by atoms with Crippen LogP contribution in [0, 0.1) is 11.8 Å². The number of allylic oxidation sites excluding steroid dienone is 4. The van der Waals surface area contributed by atoms with Crippen molar-refractivity contribution in [2.45, 2.75) is 26.0 Å². The molecule has 7 heteroatoms. The number of pyridine rings is 1. The fourth-order valence-corrected chi connectivity index (χ4v) is 4.10. The second kappa shape index (κ2) is 10.9. The van der Waals surface area contributed by atoms with Crippen LogP contribution in [-0.4, -0.2) is 33.3 Å². The number of carbonyl (C=O) groups excluding carboxylic acids is 1. The van der Waals surface area contributed by atoms with Crippen LogP contribution in [0.3, 0.4) is 0 Å². The van der Waals surface area contributed by atoms with Crippen molar-refractivity contribution < 1.29 is 9.53 Å². The van der Waals surface area contributed by atoms with Crippen molar-refractivity contribution in [2.75, 3.05) is 12.3 Å². The normalized spacial score (nSPS) is 18.1. The largest absolute Gasteiger partial charge is 0.383 e. The van der Waals surface area contributed by atoms with Gasteiger partial charge in [-0.05, 0) is 29.9 Å². The molecule has 1 aliphatic rings. The number of nitrogens with zero attached hydrogens (tertiary/aromatic N) is 3. The van der Waals surface area contributed by atoms with Gasteiger partial charge in [0.05, 0.1) is 31.0 Å². The van der Waals surface area contributed by atoms with Crippen molar-refractivity contribution in [3.63, 3.8) is 0 Å². The molecule has 0 fully saturated rings. The van der Waals surface area contributed by atoms with Crippen LogP contribution in [0.4, 0.5) is 5.82 Å². The second-order valence-corrected chi connectivity index (χ2v) is 8.76. The minimum absolute atomic E-state index is 0.179. The van der Waals surface area contributed by atoms with Crippen LogP contribution in [0.25, 0.3) is 11.1 Å². The molecule has 1 aromatic carbocycles. The van der Waals surface area contributed by atoms with E-state index in [2.05, 4.69) is 46.6 Å². The number of nitrogen functional groups attached to an aromatic ring is 1. The molecular weight excluding hydrogens is 426 g/mol. The molecule has 3 aromatic rings. The fourth-order valence-electron chi connectivity index (χ4n) is 4.10. The molecule has 2 unspecified atom stereocenters. The van der Waals surface area contributed by atoms with E-state index in [0.717, 1.165) is 23.1 Å². The summed E-state index contributed by atoms with van der Waals surface area (Å²) < 4.78 is 7.71. The first-order valence-corrected chi connectivity index (χ1v) is 11.5. The number of hydrogen-bond donors (Lipinski definition) is 2. The number of anilines is 1. The Bertz CT molecular complexity index is 1170. The molecule has 0 saturated carbocycles. The first-order chi connectivity index (χ1) is 16.5. The standard InChI is InChI=1S/C27H31N5O2/c1-19-8-6-7-11-21(19)12-24(18-34-17-20-9-4-3-5-10-20)31-27(33)25-13-22(14-29-26(25)28)23-15-30-32(2)16-23/h3-11,13-16,19,21,24H,12,17-18H2,1-2H3,(H2,28,29)(H,31,33)/t19?,21?,24-/m0/s1. The van der Waals surface area contributed by atoms with Crippen molar-refractivity contribution in [3.8, 4) is 11.1 Å². The topological polar surface area (TPSA) is 95.1 Å². The molecule has 3 atom stereocenters. The molecule has 1 aliphatic carbocycles. The van der Waals surface area contributed by atoms with Gasteiger partial charge in [-0.25, -0.2) is 4.98 Å². The van der Waals surface area contributed by atoms with Gasteiger partial charge in [0.25, 0.3) is 5.91 Å². The van der Waals surface area contributed by atoms with Crippen molar-refractivity contribution in [2.24, 2.45) is 18.9 Å². The van der Waals surface area contributed by atoms with Crippen LogP contribution >= 0.6 is 0 Å². The van der Waals surface area contributed by atoms with Crippen molar-refractivity contribution in [1.82, 2.24) is 20.1 Å². The highest BCUT2D eigenvalue weighted by Crippen LogP contribution is 2.25. The molecular formula is C27H31N5O2. The molecule has 7 nitrogen and oxygen atoms in total. The lowest BCUT2D eigenvalue weighted by Crippen LogP contribution is -2.40. The molecule has 0 radical (unpaired) electrons. The van der Waals surface area contributed by atoms with Gasteiger partial charge >= 0.3 is 0 Å². The summed E-state index contributed by atoms with van der Waals surface area (Å²) in [6.07, 6.45) is 14.5. The average molecular weight is 458 g/mol. The van der Waals surface area contributed by atoms with Gasteiger partial charge in [-0.15, -0.1) is 0 Å². The minimum Gasteiger partial charge on any atom is -0.383 e. The minimum atomic E-state index is -0.257. The Morgan fingerprint density at radius 3 is 2.71 bits per heavy atom. The lowest BCUT2D eigenvalue weighted by molar-refractivity contribution is 0.0760. The highest BCUT2D eigenvalue weighted by Gasteiger charge is 2.23. The Hall–Kier alpha value is -3.71. The molecule has 4 rings (SSSR count). The van der Waals surface area contributed by atoms with Crippen molar-refractivity contribution >= 4 is 11.7 Å². The third-order valence-corrected chi connectivity index (χ3v) is 6.08. The monoisotopic (exact) mass is 457 g/mol. The van der Waals surface area contributed by atoms with E-state index < -0.39 is 0 Å². The highest BCUT2D eigenvalue weighted by atomic mass is 16.5. The number of benzene rings is 1. The third-order valence-electron chi connectivity index (χ3n) is 6.08. The number of nitrogens with two attached hydrogens (primary N) is 1. The number of carbonyl (C=O) groups is 1. The summed E-state index contributed by atoms with van der Waals surface area (Å²) in [7, 11) is 1.85. The SMILES string of the molecule is CC1C=CC=CC1C[C@@H](COCc1ccccc1)NC(=O)c1cc(-c2cnn(C)c2)cnc1N. The molecule has 34 heavy (non-hydrogen) atoms. The third kappa shape index (κ3) is 5.99. The maximum atomic E-state index is 13.3. The maximum Gasteiger partial charge on any atom is 0.255 e. The predicted octanol–water partition coefficient (Wildman–Crippen LogP) is 4.15. The molecule has 0 spiro atoms. The van der Waals surface area contributed by atoms with Gasteiger partial charge in [0.1, 0.15) is 5.82 Å². The summed E-state index contributed by atoms with van der Waals surface area (Å²) in [5, 5.41) is 7.35. The van der Waals surface area contributed by atoms with Crippen LogP contribution in [-0.2, 0) is 18.4 Å². The molecule has 2 aromatic heterocycles. The van der Waals surface area contributed by atoms with Gasteiger partial charge in [-0.1, -0.05) is 61.6 Å². The Balaban J connectivity index is 1.48. The van der Waals surface area contributed by atoms with E-state index in [-0.39, 0.29) is 17.8 Å². The van der Waals surface area contributed by atoms with E-state index in [0.29, 0.717) is 30.6 Å². The highest BCUT2D eigenvalue weighted by molar-refractivity contribution is 5.99. The lowest BCUT2D eigenvalue weighted by Gasteiger charge is -2.27. The van der Waals surface area contributed by atoms with Gasteiger partial charge in [-0.2, -0.15) is 5.10 Å². The van der Waals surface area contributed by atoms with Crippen LogP contribution in [0.1, 0.15) is 29.3 Å². The summed E-state index contributed by atoms with van der Waals surface area (Å²) in [6.45, 7) is 3.08. The molecule has 2 heterocycles. The van der Waals surface area contributed by atoms with Crippen molar-refractivity contribution in [3.05, 3.63) is 90.4 Å². The Labute approximate surface area is 200 Å². The van der Waals surface area contributed by atoms with Gasteiger partial charge in [0, 0.05) is 30.6 Å². The quantitative estimate of drug-likeness (QED) is 0.503. The molecule has 3 N–H and O–H groups in total. The number of hydrogen-bond acceptors (Lipinski definition) is 5. The van der Waals surface area contributed by atoms with Gasteiger partial charge in [0.15, 0.2) is 0 Å². The van der Waals surface area contributed by atoms with Gasteiger partial charge in [-0.3, -0.25) is 9.48 Å². The number of aryl methyl sites for hydroxylation is 1. The summed E-state index contributed by atoms with van der Waals surface area (Å²) in [6, 6.07) is 11.6. The molecule has 1 amide bonds. The lowest BCUT2D eigenvalue weighted by atomic mass is 9.85. The molecule has 0 bridgehead atoms. The first kappa shape index (κ1) is 23.4. The summed E-state index contributed by atoms with van der Waals surface area (Å²) in [5.74, 6) is 0.641. The van der Waals surface area contributed by atoms with Crippen LogP contribution < -0.4 is 11.1 Å². The van der Waals surface area contributed by atoms with Gasteiger partial charge in [0.2, 0.25) is 0 Å². The number of aromatic nitrogens is 3.